The molecule has 0 aromatic rings. The Hall–Kier alpha value is -0.230. The minimum atomic E-state index is -4.47. The quantitative estimate of drug-likeness (QED) is 0.564. The van der Waals surface area contributed by atoms with Crippen LogP contribution in [0.4, 0.5) is 8.78 Å². The summed E-state index contributed by atoms with van der Waals surface area (Å²) in [4.78, 5) is 0. The van der Waals surface area contributed by atoms with E-state index in [9.17, 15) is 17.2 Å². The number of hydrogen-bond acceptors (Lipinski definition) is 2. The van der Waals surface area contributed by atoms with Crippen LogP contribution in [0.3, 0.4) is 0 Å². The molecular weight excluding hydrogens is 142 g/mol. The zero-order valence-corrected chi connectivity index (χ0v) is 4.53. The van der Waals surface area contributed by atoms with Crippen molar-refractivity contribution in [2.75, 3.05) is 5.75 Å². The molecule has 0 rings (SSSR count). The number of halogens is 2. The van der Waals surface area contributed by atoms with Gasteiger partial charge in [-0.3, -0.25) is 4.55 Å². The molecule has 0 radical (unpaired) electrons. The number of hydrogen-bond donors (Lipinski definition) is 1. The Morgan fingerprint density at radius 2 is 1.88 bits per heavy atom. The maximum absolute atomic E-state index is 11.0. The summed E-state index contributed by atoms with van der Waals surface area (Å²) in [5, 5.41) is 0. The lowest BCUT2D eigenvalue weighted by molar-refractivity contribution is 0.172. The molecule has 0 saturated carbocycles. The second-order valence-corrected chi connectivity index (χ2v) is 2.64. The van der Waals surface area contributed by atoms with Gasteiger partial charge in [0.1, 0.15) is 5.75 Å². The van der Waals surface area contributed by atoms with Crippen molar-refractivity contribution in [1.29, 1.82) is 0 Å². The summed E-state index contributed by atoms with van der Waals surface area (Å²) in [6.07, 6.45) is -3.00. The number of rotatable bonds is 2. The van der Waals surface area contributed by atoms with Crippen molar-refractivity contribution in [3.63, 3.8) is 0 Å². The minimum absolute atomic E-state index is 1.48. The van der Waals surface area contributed by atoms with Gasteiger partial charge in [-0.2, -0.15) is 8.42 Å². The standard InChI is InChI=1S/C2H4F2O3S/c3-2(4)1-8(5,6)7/h2H,1H2,(H,5,6,7). The fourth-order valence-corrected chi connectivity index (χ4v) is 0.478. The van der Waals surface area contributed by atoms with E-state index < -0.39 is 22.3 Å². The zero-order chi connectivity index (χ0) is 6.78. The third-order valence-electron chi connectivity index (χ3n) is 0.337. The van der Waals surface area contributed by atoms with Gasteiger partial charge in [0.25, 0.3) is 16.5 Å². The van der Waals surface area contributed by atoms with Crippen LogP contribution in [0.15, 0.2) is 0 Å². The summed E-state index contributed by atoms with van der Waals surface area (Å²) >= 11 is 0. The Morgan fingerprint density at radius 1 is 1.50 bits per heavy atom. The Bertz CT molecular complexity index is 149. The predicted octanol–water partition coefficient (Wildman–Crippen LogP) is 0.139. The van der Waals surface area contributed by atoms with Crippen LogP contribution in [0.1, 0.15) is 0 Å². The van der Waals surface area contributed by atoms with Crippen molar-refractivity contribution in [2.24, 2.45) is 0 Å². The molecule has 0 aromatic heterocycles. The molecule has 0 fully saturated rings. The minimum Gasteiger partial charge on any atom is -0.285 e. The van der Waals surface area contributed by atoms with E-state index in [1.54, 1.807) is 0 Å². The zero-order valence-electron chi connectivity index (χ0n) is 3.71. The Labute approximate surface area is 45.1 Å². The summed E-state index contributed by atoms with van der Waals surface area (Å²) in [6.45, 7) is 0. The summed E-state index contributed by atoms with van der Waals surface area (Å²) in [7, 11) is -4.47. The van der Waals surface area contributed by atoms with Crippen LogP contribution in [-0.4, -0.2) is 25.1 Å². The average Bonchev–Trinajstić information content (AvgIpc) is 1.21. The maximum Gasteiger partial charge on any atom is 0.270 e. The fourth-order valence-electron chi connectivity index (χ4n) is 0.159. The van der Waals surface area contributed by atoms with Crippen molar-refractivity contribution >= 4 is 10.1 Å². The first-order valence-corrected chi connectivity index (χ1v) is 3.26. The van der Waals surface area contributed by atoms with Gasteiger partial charge >= 0.3 is 0 Å². The molecule has 3 nitrogen and oxygen atoms in total. The monoisotopic (exact) mass is 146 g/mol. The highest BCUT2D eigenvalue weighted by molar-refractivity contribution is 7.85. The first-order valence-electron chi connectivity index (χ1n) is 1.65. The smallest absolute Gasteiger partial charge is 0.270 e. The van der Waals surface area contributed by atoms with E-state index in [4.69, 9.17) is 4.55 Å². The van der Waals surface area contributed by atoms with E-state index in [1.807, 2.05) is 0 Å². The topological polar surface area (TPSA) is 54.4 Å². The van der Waals surface area contributed by atoms with E-state index in [-0.39, 0.29) is 0 Å². The van der Waals surface area contributed by atoms with Gasteiger partial charge in [-0.15, -0.1) is 0 Å². The van der Waals surface area contributed by atoms with E-state index in [2.05, 4.69) is 0 Å². The molecule has 0 aliphatic rings. The Kier molecular flexibility index (Phi) is 2.29. The van der Waals surface area contributed by atoms with Crippen LogP contribution < -0.4 is 0 Å². The van der Waals surface area contributed by atoms with Gasteiger partial charge in [0.2, 0.25) is 0 Å². The lowest BCUT2D eigenvalue weighted by Crippen LogP contribution is -2.11. The van der Waals surface area contributed by atoms with Crippen molar-refractivity contribution in [1.82, 2.24) is 0 Å². The molecule has 8 heavy (non-hydrogen) atoms. The van der Waals surface area contributed by atoms with Gasteiger partial charge in [-0.25, -0.2) is 8.78 Å². The summed E-state index contributed by atoms with van der Waals surface area (Å²) in [5.41, 5.74) is 0. The molecule has 0 aliphatic heterocycles. The van der Waals surface area contributed by atoms with Crippen LogP contribution in [0.5, 0.6) is 0 Å². The second kappa shape index (κ2) is 2.36. The van der Waals surface area contributed by atoms with E-state index in [0.29, 0.717) is 0 Å². The highest BCUT2D eigenvalue weighted by Gasteiger charge is 2.12. The first kappa shape index (κ1) is 7.77. The van der Waals surface area contributed by atoms with E-state index >= 15 is 0 Å². The molecule has 0 aliphatic carbocycles. The largest absolute Gasteiger partial charge is 0.285 e. The highest BCUT2D eigenvalue weighted by Crippen LogP contribution is 1.95. The molecule has 6 heteroatoms. The first-order chi connectivity index (χ1) is 3.42. The van der Waals surface area contributed by atoms with Gasteiger partial charge in [0.15, 0.2) is 0 Å². The van der Waals surface area contributed by atoms with Crippen molar-refractivity contribution in [3.8, 4) is 0 Å². The van der Waals surface area contributed by atoms with Crippen LogP contribution >= 0.6 is 0 Å². The fraction of sp³-hybridized carbons (Fsp3) is 1.00. The average molecular weight is 146 g/mol. The molecule has 50 valence electrons. The van der Waals surface area contributed by atoms with Crippen LogP contribution in [-0.2, 0) is 10.1 Å². The molecule has 0 heterocycles. The lowest BCUT2D eigenvalue weighted by Gasteiger charge is -1.91. The van der Waals surface area contributed by atoms with Crippen molar-refractivity contribution in [2.45, 2.75) is 6.43 Å². The Balaban J connectivity index is 3.75. The predicted molar refractivity (Wildman–Crippen MR) is 22.4 cm³/mol. The molecule has 1 N–H and O–H groups in total. The lowest BCUT2D eigenvalue weighted by atomic mass is 10.9. The SMILES string of the molecule is O=S(=O)(O)CC(F)F. The van der Waals surface area contributed by atoms with Crippen LogP contribution in [0.25, 0.3) is 0 Å². The molecule has 0 amide bonds. The van der Waals surface area contributed by atoms with Gasteiger partial charge in [0.05, 0.1) is 0 Å². The van der Waals surface area contributed by atoms with Crippen molar-refractivity contribution < 1.29 is 21.8 Å². The molecule has 0 saturated heterocycles. The third kappa shape index (κ3) is 5.77. The van der Waals surface area contributed by atoms with Crippen molar-refractivity contribution in [3.05, 3.63) is 0 Å². The molecule has 0 atom stereocenters. The van der Waals surface area contributed by atoms with Crippen LogP contribution in [0, 0.1) is 0 Å². The molecular formula is C2H4F2O3S. The molecule has 0 bridgehead atoms. The third-order valence-corrected chi connectivity index (χ3v) is 1.01. The summed E-state index contributed by atoms with van der Waals surface area (Å²) < 4.78 is 48.7. The Morgan fingerprint density at radius 3 is 1.88 bits per heavy atom. The van der Waals surface area contributed by atoms with E-state index in [0.717, 1.165) is 0 Å². The number of alkyl halides is 2. The normalized spacial score (nSPS) is 12.5. The maximum atomic E-state index is 11.0. The van der Waals surface area contributed by atoms with Crippen LogP contribution in [0.2, 0.25) is 0 Å². The highest BCUT2D eigenvalue weighted by atomic mass is 32.2. The summed E-state index contributed by atoms with van der Waals surface area (Å²) in [6, 6.07) is 0. The molecule has 0 spiro atoms. The van der Waals surface area contributed by atoms with Gasteiger partial charge < -0.3 is 0 Å². The van der Waals surface area contributed by atoms with Gasteiger partial charge in [-0.05, 0) is 0 Å². The van der Waals surface area contributed by atoms with Gasteiger partial charge in [-0.1, -0.05) is 0 Å². The van der Waals surface area contributed by atoms with E-state index in [1.165, 1.54) is 0 Å². The second-order valence-electron chi connectivity index (χ2n) is 1.14. The molecule has 0 unspecified atom stereocenters. The van der Waals surface area contributed by atoms with Gasteiger partial charge in [0, 0.05) is 0 Å². The molecule has 0 aromatic carbocycles. The summed E-state index contributed by atoms with van der Waals surface area (Å²) in [5.74, 6) is -1.48.